The number of carbonyl (C=O) groups excluding carboxylic acids is 1. The Morgan fingerprint density at radius 3 is 2.40 bits per heavy atom. The van der Waals surface area contributed by atoms with Crippen molar-refractivity contribution in [1.82, 2.24) is 5.32 Å². The normalized spacial score (nSPS) is 10.9. The quantitative estimate of drug-likeness (QED) is 0.921. The van der Waals surface area contributed by atoms with Crippen LogP contribution in [0.15, 0.2) is 18.2 Å². The van der Waals surface area contributed by atoms with Crippen molar-refractivity contribution >= 4 is 11.8 Å². The molecule has 5 heteroatoms. The molecule has 0 fully saturated rings. The molecule has 0 aliphatic heterocycles. The van der Waals surface area contributed by atoms with Crippen LogP contribution in [-0.2, 0) is 11.3 Å². The molecule has 0 radical (unpaired) electrons. The van der Waals surface area contributed by atoms with Crippen LogP contribution >= 0.6 is 0 Å². The maximum atomic E-state index is 11.6. The van der Waals surface area contributed by atoms with Gasteiger partial charge >= 0.3 is 6.09 Å². The van der Waals surface area contributed by atoms with Crippen molar-refractivity contribution in [2.75, 3.05) is 26.1 Å². The average Bonchev–Trinajstić information content (AvgIpc) is 2.33. The van der Waals surface area contributed by atoms with Crippen LogP contribution in [0.5, 0.6) is 5.75 Å². The van der Waals surface area contributed by atoms with Gasteiger partial charge in [-0.2, -0.15) is 0 Å². The highest BCUT2D eigenvalue weighted by molar-refractivity contribution is 5.67. The van der Waals surface area contributed by atoms with Gasteiger partial charge in [0, 0.05) is 32.4 Å². The van der Waals surface area contributed by atoms with Crippen molar-refractivity contribution in [2.24, 2.45) is 0 Å². The Balaban J connectivity index is 2.72. The number of alkyl carbamates (subject to hydrolysis) is 1. The minimum absolute atomic E-state index is 0.396. The van der Waals surface area contributed by atoms with Crippen LogP contribution in [0.25, 0.3) is 0 Å². The summed E-state index contributed by atoms with van der Waals surface area (Å²) in [6, 6.07) is 5.83. The number of amides is 1. The molecule has 20 heavy (non-hydrogen) atoms. The third-order valence-electron chi connectivity index (χ3n) is 2.54. The first kappa shape index (κ1) is 16.1. The number of anilines is 1. The molecule has 112 valence electrons. The summed E-state index contributed by atoms with van der Waals surface area (Å²) < 4.78 is 10.5. The van der Waals surface area contributed by atoms with E-state index in [1.165, 1.54) is 0 Å². The van der Waals surface area contributed by atoms with Crippen molar-refractivity contribution in [3.05, 3.63) is 23.8 Å². The minimum atomic E-state index is -0.493. The van der Waals surface area contributed by atoms with E-state index in [9.17, 15) is 4.79 Å². The smallest absolute Gasteiger partial charge is 0.407 e. The van der Waals surface area contributed by atoms with Gasteiger partial charge in [0.2, 0.25) is 0 Å². The van der Waals surface area contributed by atoms with E-state index in [1.807, 2.05) is 58.0 Å². The molecule has 1 rings (SSSR count). The number of carbonyl (C=O) groups is 1. The van der Waals surface area contributed by atoms with Gasteiger partial charge in [0.25, 0.3) is 0 Å². The van der Waals surface area contributed by atoms with E-state index in [0.29, 0.717) is 6.54 Å². The Morgan fingerprint density at radius 2 is 1.90 bits per heavy atom. The van der Waals surface area contributed by atoms with E-state index >= 15 is 0 Å². The summed E-state index contributed by atoms with van der Waals surface area (Å²) in [6.07, 6.45) is -0.424. The highest BCUT2D eigenvalue weighted by atomic mass is 16.6. The molecule has 1 aromatic rings. The Bertz CT molecular complexity index is 465. The molecule has 0 bridgehead atoms. The zero-order valence-corrected chi connectivity index (χ0v) is 13.1. The van der Waals surface area contributed by atoms with Crippen LogP contribution < -0.4 is 15.0 Å². The lowest BCUT2D eigenvalue weighted by molar-refractivity contribution is 0.0523. The van der Waals surface area contributed by atoms with Crippen molar-refractivity contribution in [3.8, 4) is 5.75 Å². The van der Waals surface area contributed by atoms with Crippen molar-refractivity contribution in [2.45, 2.75) is 32.9 Å². The number of ether oxygens (including phenoxy) is 2. The fraction of sp³-hybridized carbons (Fsp3) is 0.533. The van der Waals surface area contributed by atoms with Gasteiger partial charge in [0.1, 0.15) is 11.4 Å². The molecule has 0 aromatic heterocycles. The fourth-order valence-corrected chi connectivity index (χ4v) is 1.61. The fourth-order valence-electron chi connectivity index (χ4n) is 1.61. The number of nitrogens with one attached hydrogen (secondary N) is 1. The van der Waals surface area contributed by atoms with Crippen molar-refractivity contribution in [1.29, 1.82) is 0 Å². The van der Waals surface area contributed by atoms with Crippen LogP contribution in [0.1, 0.15) is 26.3 Å². The second-order valence-electron chi connectivity index (χ2n) is 5.79. The summed E-state index contributed by atoms with van der Waals surface area (Å²) in [6.45, 7) is 5.90. The summed E-state index contributed by atoms with van der Waals surface area (Å²) in [5, 5.41) is 2.74. The van der Waals surface area contributed by atoms with Crippen molar-refractivity contribution < 1.29 is 14.3 Å². The van der Waals surface area contributed by atoms with Crippen LogP contribution in [0.4, 0.5) is 10.5 Å². The minimum Gasteiger partial charge on any atom is -0.497 e. The molecule has 1 amide bonds. The molecule has 0 spiro atoms. The van der Waals surface area contributed by atoms with Gasteiger partial charge in [-0.1, -0.05) is 0 Å². The van der Waals surface area contributed by atoms with E-state index in [4.69, 9.17) is 9.47 Å². The SMILES string of the molecule is COc1cc(CNC(=O)OC(C)(C)C)cc(N(C)C)c1. The Kier molecular flexibility index (Phi) is 5.25. The van der Waals surface area contributed by atoms with Gasteiger partial charge in [-0.15, -0.1) is 0 Å². The lowest BCUT2D eigenvalue weighted by Gasteiger charge is -2.20. The summed E-state index contributed by atoms with van der Waals surface area (Å²) in [5.41, 5.74) is 1.48. The maximum absolute atomic E-state index is 11.6. The third-order valence-corrected chi connectivity index (χ3v) is 2.54. The summed E-state index contributed by atoms with van der Waals surface area (Å²) in [4.78, 5) is 13.6. The van der Waals surface area contributed by atoms with Crippen LogP contribution in [-0.4, -0.2) is 32.9 Å². The van der Waals surface area contributed by atoms with Gasteiger partial charge in [0.15, 0.2) is 0 Å². The van der Waals surface area contributed by atoms with Crippen LogP contribution in [0.3, 0.4) is 0 Å². The first-order valence-electron chi connectivity index (χ1n) is 6.53. The van der Waals surface area contributed by atoms with Crippen molar-refractivity contribution in [3.63, 3.8) is 0 Å². The first-order chi connectivity index (χ1) is 9.21. The van der Waals surface area contributed by atoms with Gasteiger partial charge in [-0.3, -0.25) is 0 Å². The molecular formula is C15H24N2O3. The van der Waals surface area contributed by atoms with Gasteiger partial charge < -0.3 is 19.7 Å². The van der Waals surface area contributed by atoms with E-state index in [1.54, 1.807) is 7.11 Å². The monoisotopic (exact) mass is 280 g/mol. The first-order valence-corrected chi connectivity index (χ1v) is 6.53. The third kappa shape index (κ3) is 5.38. The lowest BCUT2D eigenvalue weighted by atomic mass is 10.1. The Morgan fingerprint density at radius 1 is 1.25 bits per heavy atom. The van der Waals surface area contributed by atoms with E-state index in [-0.39, 0.29) is 0 Å². The van der Waals surface area contributed by atoms with Gasteiger partial charge in [-0.05, 0) is 38.5 Å². The summed E-state index contributed by atoms with van der Waals surface area (Å²) in [5.74, 6) is 0.761. The number of hydrogen-bond acceptors (Lipinski definition) is 4. The zero-order valence-electron chi connectivity index (χ0n) is 13.1. The molecular weight excluding hydrogens is 256 g/mol. The molecule has 0 unspecified atom stereocenters. The molecule has 1 aromatic carbocycles. The van der Waals surface area contributed by atoms with Gasteiger partial charge in [0.05, 0.1) is 7.11 Å². The molecule has 0 saturated carbocycles. The highest BCUT2D eigenvalue weighted by Crippen LogP contribution is 2.22. The molecule has 0 aliphatic rings. The summed E-state index contributed by atoms with van der Waals surface area (Å²) >= 11 is 0. The number of hydrogen-bond donors (Lipinski definition) is 1. The topological polar surface area (TPSA) is 50.8 Å². The lowest BCUT2D eigenvalue weighted by Crippen LogP contribution is -2.32. The number of nitrogens with zero attached hydrogens (tertiary/aromatic N) is 1. The second-order valence-corrected chi connectivity index (χ2v) is 5.79. The van der Waals surface area contributed by atoms with E-state index in [0.717, 1.165) is 17.0 Å². The second kappa shape index (κ2) is 6.50. The van der Waals surface area contributed by atoms with E-state index < -0.39 is 11.7 Å². The van der Waals surface area contributed by atoms with E-state index in [2.05, 4.69) is 5.32 Å². The average molecular weight is 280 g/mol. The predicted molar refractivity (Wildman–Crippen MR) is 80.4 cm³/mol. The Labute approximate surface area is 120 Å². The number of methoxy groups -OCH3 is 1. The predicted octanol–water partition coefficient (Wildman–Crippen LogP) is 2.79. The zero-order chi connectivity index (χ0) is 15.3. The molecule has 0 saturated heterocycles. The van der Waals surface area contributed by atoms with Gasteiger partial charge in [-0.25, -0.2) is 4.79 Å². The summed E-state index contributed by atoms with van der Waals surface area (Å²) in [7, 11) is 5.54. The highest BCUT2D eigenvalue weighted by Gasteiger charge is 2.15. The maximum Gasteiger partial charge on any atom is 0.407 e. The molecule has 0 atom stereocenters. The molecule has 1 N–H and O–H groups in total. The standard InChI is InChI=1S/C15H24N2O3/c1-15(2,3)20-14(18)16-10-11-7-12(17(4)5)9-13(8-11)19-6/h7-9H,10H2,1-6H3,(H,16,18). The largest absolute Gasteiger partial charge is 0.497 e. The number of benzene rings is 1. The Hall–Kier alpha value is -1.91. The molecule has 0 aliphatic carbocycles. The van der Waals surface area contributed by atoms with Crippen LogP contribution in [0, 0.1) is 0 Å². The van der Waals surface area contributed by atoms with Crippen LogP contribution in [0.2, 0.25) is 0 Å². The molecule has 0 heterocycles. The molecule has 5 nitrogen and oxygen atoms in total. The number of rotatable bonds is 4.